The van der Waals surface area contributed by atoms with Gasteiger partial charge in [-0.3, -0.25) is 33.9 Å². The lowest BCUT2D eigenvalue weighted by atomic mass is 10.1. The molecule has 0 radical (unpaired) electrons. The van der Waals surface area contributed by atoms with Gasteiger partial charge in [-0.25, -0.2) is 22.1 Å². The Morgan fingerprint density at radius 2 is 1.82 bits per heavy atom. The van der Waals surface area contributed by atoms with Gasteiger partial charge in [0.1, 0.15) is 21.8 Å². The molecular weight excluding hydrogens is 791 g/mol. The zero-order valence-corrected chi connectivity index (χ0v) is 31.0. The molecule has 1 amide bonds. The fraction of sp³-hybridized carbons (Fsp3) is 0.276. The van der Waals surface area contributed by atoms with Crippen molar-refractivity contribution in [1.82, 2.24) is 19.7 Å². The molecule has 2 aromatic carbocycles. The number of guanidine groups is 2. The van der Waals surface area contributed by atoms with Crippen LogP contribution in [0, 0.1) is 18.4 Å². The highest BCUT2D eigenvalue weighted by Crippen LogP contribution is 2.43. The Bertz CT molecular complexity index is 2590. The van der Waals surface area contributed by atoms with Gasteiger partial charge in [0.25, 0.3) is 27.0 Å². The molecule has 1 aromatic heterocycles. The number of nitrogens with zero attached hydrogens (tertiary/aromatic N) is 7. The quantitative estimate of drug-likeness (QED) is 0.0304. The summed E-state index contributed by atoms with van der Waals surface area (Å²) in [6.45, 7) is 1.67. The number of carbonyl (C=O) groups excluding carboxylic acids is 1. The number of nitrogens with one attached hydrogen (secondary N) is 3. The molecule has 3 heterocycles. The van der Waals surface area contributed by atoms with E-state index in [4.69, 9.17) is 10.3 Å². The number of para-hydroxylation sites is 1. The smallest absolute Gasteiger partial charge is 0.397 e. The molecule has 3 unspecified atom stereocenters. The van der Waals surface area contributed by atoms with Crippen molar-refractivity contribution in [1.29, 1.82) is 5.26 Å². The molecule has 0 saturated carbocycles. The molecule has 23 nitrogen and oxygen atoms in total. The van der Waals surface area contributed by atoms with Crippen LogP contribution in [0.2, 0.25) is 0 Å². The fourth-order valence-corrected chi connectivity index (χ4v) is 8.60. The first-order valence-electron chi connectivity index (χ1n) is 15.6. The Morgan fingerprint density at radius 3 is 2.42 bits per heavy atom. The molecule has 2 aliphatic heterocycles. The normalized spacial score (nSPS) is 19.8. The zero-order valence-electron chi connectivity index (χ0n) is 28.6. The molecule has 1 fully saturated rings. The second-order valence-electron chi connectivity index (χ2n) is 11.7. The molecule has 0 aliphatic carbocycles. The van der Waals surface area contributed by atoms with Gasteiger partial charge in [0, 0.05) is 17.8 Å². The maximum absolute atomic E-state index is 13.4. The highest BCUT2D eigenvalue weighted by atomic mass is 32.3. The Morgan fingerprint density at radius 1 is 1.13 bits per heavy atom. The number of nitrogens with two attached hydrogens (primary N) is 1. The molecule has 55 heavy (non-hydrogen) atoms. The number of aliphatic imine (C=N–C) groups is 2. The highest BCUT2D eigenvalue weighted by Gasteiger charge is 2.68. The first-order chi connectivity index (χ1) is 25.7. The lowest BCUT2D eigenvalue weighted by Crippen LogP contribution is -2.55. The van der Waals surface area contributed by atoms with E-state index in [1.807, 2.05) is 0 Å². The second kappa shape index (κ2) is 15.1. The molecular formula is C29H32N11O12S3+. The van der Waals surface area contributed by atoms with Gasteiger partial charge in [-0.2, -0.15) is 27.1 Å². The van der Waals surface area contributed by atoms with Gasteiger partial charge in [0.15, 0.2) is 18.4 Å². The molecule has 26 heteroatoms. The van der Waals surface area contributed by atoms with Crippen LogP contribution in [0.5, 0.6) is 5.88 Å². The van der Waals surface area contributed by atoms with Gasteiger partial charge in [0.05, 0.1) is 12.4 Å². The number of aromatic hydroxyl groups is 1. The number of hydrogen-bond donors (Lipinski definition) is 7. The summed E-state index contributed by atoms with van der Waals surface area (Å²) in [5.74, 6) is -2.82. The minimum absolute atomic E-state index is 0.0335. The van der Waals surface area contributed by atoms with Crippen molar-refractivity contribution < 1.29 is 48.4 Å². The summed E-state index contributed by atoms with van der Waals surface area (Å²) in [6.07, 6.45) is 0.339. The molecule has 3 atom stereocenters. The van der Waals surface area contributed by atoms with Crippen LogP contribution in [-0.4, -0.2) is 92.4 Å². The third kappa shape index (κ3) is 8.46. The van der Waals surface area contributed by atoms with Crippen LogP contribution in [0.1, 0.15) is 22.8 Å². The predicted molar refractivity (Wildman–Crippen MR) is 194 cm³/mol. The molecule has 0 spiro atoms. The first-order valence-corrected chi connectivity index (χ1v) is 20.2. The van der Waals surface area contributed by atoms with E-state index in [0.29, 0.717) is 5.69 Å². The predicted octanol–water partition coefficient (Wildman–Crippen LogP) is 0.306. The topological polar surface area (TPSA) is 347 Å². The Kier molecular flexibility index (Phi) is 11.1. The van der Waals surface area contributed by atoms with Gasteiger partial charge in [-0.15, -0.1) is 10.2 Å². The van der Waals surface area contributed by atoms with Crippen molar-refractivity contribution in [2.75, 3.05) is 24.2 Å². The average Bonchev–Trinajstić information content (AvgIpc) is 3.86. The van der Waals surface area contributed by atoms with Crippen LogP contribution < -0.4 is 31.7 Å². The van der Waals surface area contributed by atoms with E-state index in [-0.39, 0.29) is 36.3 Å². The van der Waals surface area contributed by atoms with Gasteiger partial charge in [-0.1, -0.05) is 18.2 Å². The van der Waals surface area contributed by atoms with E-state index in [9.17, 15) is 49.8 Å². The van der Waals surface area contributed by atoms with Crippen LogP contribution in [0.15, 0.2) is 78.4 Å². The summed E-state index contributed by atoms with van der Waals surface area (Å²) in [5.41, 5.74) is 3.38. The molecule has 8 N–H and O–H groups in total. The number of anilines is 1. The molecule has 0 bridgehead atoms. The summed E-state index contributed by atoms with van der Waals surface area (Å²) in [7, 11) is -14.0. The summed E-state index contributed by atoms with van der Waals surface area (Å²) in [6, 6.07) is 11.4. The number of primary amides is 1. The van der Waals surface area contributed by atoms with Gasteiger partial charge in [-0.05, 0) is 44.2 Å². The second-order valence-corrected chi connectivity index (χ2v) is 16.5. The molecule has 3 aromatic rings. The number of amides is 1. The molecule has 292 valence electrons. The van der Waals surface area contributed by atoms with E-state index in [1.165, 1.54) is 19.9 Å². The number of nitriles is 1. The van der Waals surface area contributed by atoms with Crippen molar-refractivity contribution in [3.05, 3.63) is 70.0 Å². The van der Waals surface area contributed by atoms with Crippen molar-refractivity contribution in [2.24, 2.45) is 25.9 Å². The summed E-state index contributed by atoms with van der Waals surface area (Å²) in [4.78, 5) is 33.2. The van der Waals surface area contributed by atoms with Crippen LogP contribution in [0.25, 0.3) is 0 Å². The number of aromatic nitrogens is 1. The van der Waals surface area contributed by atoms with Crippen LogP contribution in [0.3, 0.4) is 0 Å². The summed E-state index contributed by atoms with van der Waals surface area (Å²) < 4.78 is 96.9. The van der Waals surface area contributed by atoms with Gasteiger partial charge < -0.3 is 16.2 Å². The van der Waals surface area contributed by atoms with E-state index in [1.54, 1.807) is 36.5 Å². The monoisotopic (exact) mass is 822 g/mol. The summed E-state index contributed by atoms with van der Waals surface area (Å²) >= 11 is 0. The van der Waals surface area contributed by atoms with Crippen LogP contribution in [-0.2, 0) is 41.1 Å². The van der Waals surface area contributed by atoms with Crippen molar-refractivity contribution in [3.63, 3.8) is 0 Å². The zero-order chi connectivity index (χ0) is 40.5. The number of azo groups is 1. The van der Waals surface area contributed by atoms with Crippen LogP contribution >= 0.6 is 0 Å². The molecule has 5 rings (SSSR count). The first kappa shape index (κ1) is 40.4. The maximum Gasteiger partial charge on any atom is 0.397 e. The van der Waals surface area contributed by atoms with E-state index in [0.717, 1.165) is 16.7 Å². The number of rotatable bonds is 13. The average molecular weight is 823 g/mol. The number of pyridine rings is 1. The van der Waals surface area contributed by atoms with Crippen molar-refractivity contribution in [2.45, 2.75) is 37.0 Å². The highest BCUT2D eigenvalue weighted by molar-refractivity contribution is 7.92. The Hall–Kier alpha value is -5.82. The lowest BCUT2D eigenvalue weighted by Gasteiger charge is -2.26. The van der Waals surface area contributed by atoms with Crippen molar-refractivity contribution in [3.8, 4) is 12.1 Å². The standard InChI is InChI=1S/C29H31N11O12S3/c1-3-39-25(42)22(24(31)41)16(2)23(26(39)43)38-37-19-13-17(9-10-20(19)54(46,47)48)33-28-34-27(32-15-30)35-29(36-28)40(18-7-5-4-6-8-18)14-21(40)53(44,45)12-11-52-55(49,50)51/h4-10,13,21,28,33H,3,11-12,14H2,1-2H3,(H6-,31,32,34,35,36,37,41,42,43,46,47,48,49,50,51)/p+1. The largest absolute Gasteiger partial charge is 0.494 e. The van der Waals surface area contributed by atoms with E-state index >= 15 is 0 Å². The number of quaternary nitrogens is 1. The number of carbonyl (C=O) groups is 1. The fourth-order valence-electron chi connectivity index (χ4n) is 5.78. The van der Waals surface area contributed by atoms with Crippen molar-refractivity contribution >= 4 is 70.9 Å². The molecule has 1 saturated heterocycles. The minimum Gasteiger partial charge on any atom is -0.494 e. The number of hydrogen-bond acceptors (Lipinski definition) is 18. The number of benzene rings is 2. The van der Waals surface area contributed by atoms with E-state index < -0.39 is 98.0 Å². The Labute approximate surface area is 312 Å². The van der Waals surface area contributed by atoms with Gasteiger partial charge >= 0.3 is 16.4 Å². The molecule has 2 aliphatic rings. The lowest BCUT2D eigenvalue weighted by molar-refractivity contribution is 0.0995. The SMILES string of the molecule is CCn1c(O)c(C(N)=O)c(C)c(N=Nc2cc(NC3N=C(NC#N)NC([N+]4(c5ccccc5)CC4S(=O)(=O)CCOS(=O)(=O)O)=N3)ccc2S(=O)(=O)O)c1=O. The summed E-state index contributed by atoms with van der Waals surface area (Å²) in [5, 5.41) is 34.3. The maximum atomic E-state index is 13.4. The van der Waals surface area contributed by atoms with Gasteiger partial charge in [0.2, 0.25) is 28.0 Å². The third-order valence-electron chi connectivity index (χ3n) is 8.32. The van der Waals surface area contributed by atoms with Crippen LogP contribution in [0.4, 0.5) is 22.7 Å². The van der Waals surface area contributed by atoms with E-state index in [2.05, 4.69) is 40.3 Å². The number of sulfone groups is 1. The third-order valence-corrected chi connectivity index (χ3v) is 11.8. The minimum atomic E-state index is -4.96. The Balaban J connectivity index is 1.56.